The summed E-state index contributed by atoms with van der Waals surface area (Å²) in [6.45, 7) is 4.36. The van der Waals surface area contributed by atoms with Gasteiger partial charge < -0.3 is 4.57 Å². The molecule has 0 aliphatic heterocycles. The Bertz CT molecular complexity index is 722. The second kappa shape index (κ2) is 6.08. The maximum atomic E-state index is 13.4. The topological polar surface area (TPSA) is 17.8 Å². The number of hydrogen-bond donors (Lipinski definition) is 0. The van der Waals surface area contributed by atoms with Gasteiger partial charge in [0.25, 0.3) is 0 Å². The predicted octanol–water partition coefficient (Wildman–Crippen LogP) is 3.15. The highest BCUT2D eigenvalue weighted by Gasteiger charge is 2.38. The standard InChI is InChI=1S/C18H18F2N2Si/c1-14(22-12-11-21-13-22)23(2,17-7-3-15(19)4-8-17)18-9-5-16(20)6-10-18/h3-14H,1-2H3. The van der Waals surface area contributed by atoms with E-state index in [-0.39, 0.29) is 17.3 Å². The molecule has 0 bridgehead atoms. The Labute approximate surface area is 135 Å². The quantitative estimate of drug-likeness (QED) is 0.673. The van der Waals surface area contributed by atoms with Crippen molar-refractivity contribution in [2.45, 2.75) is 19.1 Å². The van der Waals surface area contributed by atoms with E-state index >= 15 is 0 Å². The maximum absolute atomic E-state index is 13.4. The molecular formula is C18H18F2N2Si. The molecular weight excluding hydrogens is 310 g/mol. The Morgan fingerprint density at radius 2 is 1.39 bits per heavy atom. The summed E-state index contributed by atoms with van der Waals surface area (Å²) < 4.78 is 28.8. The second-order valence-corrected chi connectivity index (χ2v) is 10.3. The van der Waals surface area contributed by atoms with Crippen molar-refractivity contribution in [3.8, 4) is 0 Å². The lowest BCUT2D eigenvalue weighted by atomic mass is 10.3. The van der Waals surface area contributed by atoms with E-state index in [1.165, 1.54) is 24.3 Å². The van der Waals surface area contributed by atoms with Crippen LogP contribution in [0.1, 0.15) is 12.6 Å². The molecule has 2 nitrogen and oxygen atoms in total. The van der Waals surface area contributed by atoms with Crippen LogP contribution in [0.25, 0.3) is 0 Å². The lowest BCUT2D eigenvalue weighted by molar-refractivity contribution is 0.628. The monoisotopic (exact) mass is 328 g/mol. The average Bonchev–Trinajstić information content (AvgIpc) is 3.09. The summed E-state index contributed by atoms with van der Waals surface area (Å²) in [6.07, 6.45) is 5.48. The van der Waals surface area contributed by atoms with Crippen molar-refractivity contribution < 1.29 is 8.78 Å². The molecule has 118 valence electrons. The van der Waals surface area contributed by atoms with Crippen LogP contribution in [-0.2, 0) is 0 Å². The first-order valence-corrected chi connectivity index (χ1v) is 10.1. The molecule has 1 heterocycles. The van der Waals surface area contributed by atoms with E-state index in [0.29, 0.717) is 0 Å². The van der Waals surface area contributed by atoms with Gasteiger partial charge in [0, 0.05) is 18.1 Å². The van der Waals surface area contributed by atoms with E-state index in [2.05, 4.69) is 23.0 Å². The van der Waals surface area contributed by atoms with Crippen LogP contribution in [0.5, 0.6) is 0 Å². The normalized spacial score (nSPS) is 13.0. The lowest BCUT2D eigenvalue weighted by Gasteiger charge is -2.35. The van der Waals surface area contributed by atoms with E-state index < -0.39 is 8.07 Å². The summed E-state index contributed by atoms with van der Waals surface area (Å²) in [5.74, 6) is -0.501. The Kier molecular flexibility index (Phi) is 4.13. The zero-order valence-corrected chi connectivity index (χ0v) is 14.1. The third-order valence-corrected chi connectivity index (χ3v) is 9.73. The minimum absolute atomic E-state index is 0.154. The summed E-state index contributed by atoms with van der Waals surface area (Å²) in [5.41, 5.74) is 0.154. The van der Waals surface area contributed by atoms with Crippen LogP contribution in [0.4, 0.5) is 8.78 Å². The van der Waals surface area contributed by atoms with Gasteiger partial charge in [0.2, 0.25) is 0 Å². The van der Waals surface area contributed by atoms with Gasteiger partial charge in [-0.15, -0.1) is 0 Å². The van der Waals surface area contributed by atoms with Gasteiger partial charge in [-0.05, 0) is 31.2 Å². The number of rotatable bonds is 4. The molecule has 0 saturated heterocycles. The molecule has 1 unspecified atom stereocenters. The number of hydrogen-bond acceptors (Lipinski definition) is 1. The first kappa shape index (κ1) is 15.6. The van der Waals surface area contributed by atoms with Gasteiger partial charge in [0.05, 0.1) is 6.33 Å². The highest BCUT2D eigenvalue weighted by Crippen LogP contribution is 2.21. The van der Waals surface area contributed by atoms with Gasteiger partial charge in [-0.1, -0.05) is 41.2 Å². The predicted molar refractivity (Wildman–Crippen MR) is 90.6 cm³/mol. The van der Waals surface area contributed by atoms with E-state index in [1.807, 2.05) is 30.5 Å². The molecule has 0 aliphatic rings. The fraction of sp³-hybridized carbons (Fsp3) is 0.167. The number of aromatic nitrogens is 2. The molecule has 5 heteroatoms. The van der Waals surface area contributed by atoms with Gasteiger partial charge >= 0.3 is 0 Å². The van der Waals surface area contributed by atoms with Gasteiger partial charge in [0.15, 0.2) is 0 Å². The Hall–Kier alpha value is -2.27. The maximum Gasteiger partial charge on any atom is 0.138 e. The second-order valence-electron chi connectivity index (χ2n) is 5.90. The van der Waals surface area contributed by atoms with E-state index in [0.717, 1.165) is 10.4 Å². The summed E-state index contributed by atoms with van der Waals surface area (Å²) in [4.78, 5) is 4.14. The Morgan fingerprint density at radius 3 is 1.78 bits per heavy atom. The van der Waals surface area contributed by atoms with Gasteiger partial charge in [0.1, 0.15) is 19.7 Å². The molecule has 0 amide bonds. The SMILES string of the molecule is CC(n1ccnc1)[Si](C)(c1ccc(F)cc1)c1ccc(F)cc1. The van der Waals surface area contributed by atoms with E-state index in [9.17, 15) is 8.78 Å². The van der Waals surface area contributed by atoms with Crippen LogP contribution in [-0.4, -0.2) is 17.6 Å². The van der Waals surface area contributed by atoms with Crippen molar-refractivity contribution in [1.82, 2.24) is 9.55 Å². The van der Waals surface area contributed by atoms with Crippen molar-refractivity contribution in [3.05, 3.63) is 78.9 Å². The molecule has 0 saturated carbocycles. The molecule has 0 radical (unpaired) electrons. The highest BCUT2D eigenvalue weighted by molar-refractivity contribution is 7.01. The minimum Gasteiger partial charge on any atom is -0.337 e. The zero-order chi connectivity index (χ0) is 16.4. The van der Waals surface area contributed by atoms with Crippen LogP contribution in [0.3, 0.4) is 0 Å². The highest BCUT2D eigenvalue weighted by atomic mass is 28.3. The van der Waals surface area contributed by atoms with Gasteiger partial charge in [-0.3, -0.25) is 0 Å². The fourth-order valence-corrected chi connectivity index (χ4v) is 6.80. The molecule has 0 fully saturated rings. The summed E-state index contributed by atoms with van der Waals surface area (Å²) >= 11 is 0. The average molecular weight is 328 g/mol. The first-order chi connectivity index (χ1) is 11.0. The van der Waals surface area contributed by atoms with Crippen molar-refractivity contribution >= 4 is 18.4 Å². The van der Waals surface area contributed by atoms with Crippen molar-refractivity contribution in [1.29, 1.82) is 0 Å². The molecule has 3 aromatic rings. The van der Waals surface area contributed by atoms with Crippen LogP contribution in [0, 0.1) is 11.6 Å². The molecule has 0 spiro atoms. The number of benzene rings is 2. The first-order valence-electron chi connectivity index (χ1n) is 7.51. The van der Waals surface area contributed by atoms with Crippen LogP contribution < -0.4 is 10.4 Å². The summed E-state index contributed by atoms with van der Waals surface area (Å²) in [6, 6.07) is 13.3. The molecule has 2 aromatic carbocycles. The molecule has 23 heavy (non-hydrogen) atoms. The van der Waals surface area contributed by atoms with Crippen LogP contribution >= 0.6 is 0 Å². The number of nitrogens with zero attached hydrogens (tertiary/aromatic N) is 2. The molecule has 3 rings (SSSR count). The third-order valence-electron chi connectivity index (χ3n) is 4.70. The third kappa shape index (κ3) is 2.84. The number of imidazole rings is 1. The van der Waals surface area contributed by atoms with E-state index in [4.69, 9.17) is 0 Å². The zero-order valence-electron chi connectivity index (χ0n) is 13.1. The molecule has 1 aromatic heterocycles. The van der Waals surface area contributed by atoms with Gasteiger partial charge in [-0.25, -0.2) is 13.8 Å². The largest absolute Gasteiger partial charge is 0.337 e. The van der Waals surface area contributed by atoms with Gasteiger partial charge in [-0.2, -0.15) is 0 Å². The molecule has 1 atom stereocenters. The lowest BCUT2D eigenvalue weighted by Crippen LogP contribution is -2.61. The fourth-order valence-electron chi connectivity index (χ4n) is 3.04. The molecule has 0 N–H and O–H groups in total. The summed E-state index contributed by atoms with van der Waals surface area (Å²) in [7, 11) is -2.27. The number of halogens is 2. The molecule has 0 aliphatic carbocycles. The minimum atomic E-state index is -2.27. The smallest absolute Gasteiger partial charge is 0.138 e. The Morgan fingerprint density at radius 1 is 0.913 bits per heavy atom. The summed E-state index contributed by atoms with van der Waals surface area (Å²) in [5, 5.41) is 2.21. The van der Waals surface area contributed by atoms with Crippen molar-refractivity contribution in [2.24, 2.45) is 0 Å². The Balaban J connectivity index is 2.16. The van der Waals surface area contributed by atoms with Crippen molar-refractivity contribution in [2.75, 3.05) is 0 Å². The van der Waals surface area contributed by atoms with E-state index in [1.54, 1.807) is 12.5 Å². The van der Waals surface area contributed by atoms with Crippen LogP contribution in [0.15, 0.2) is 67.3 Å². The van der Waals surface area contributed by atoms with Crippen molar-refractivity contribution in [3.63, 3.8) is 0 Å². The van der Waals surface area contributed by atoms with Crippen LogP contribution in [0.2, 0.25) is 6.55 Å².